The van der Waals surface area contributed by atoms with Crippen molar-refractivity contribution >= 4 is 6.09 Å². The molecule has 1 aromatic rings. The van der Waals surface area contributed by atoms with Gasteiger partial charge >= 0.3 is 6.09 Å². The average molecular weight is 320 g/mol. The summed E-state index contributed by atoms with van der Waals surface area (Å²) < 4.78 is 5.18. The van der Waals surface area contributed by atoms with Gasteiger partial charge in [-0.2, -0.15) is 0 Å². The minimum absolute atomic E-state index is 0.269. The van der Waals surface area contributed by atoms with Crippen LogP contribution in [0.1, 0.15) is 70.3 Å². The van der Waals surface area contributed by atoms with E-state index in [-0.39, 0.29) is 6.61 Å². The predicted molar refractivity (Wildman–Crippen MR) is 94.7 cm³/mol. The normalized spacial score (nSPS) is 10.5. The first kappa shape index (κ1) is 19.5. The molecule has 0 aliphatic rings. The van der Waals surface area contributed by atoms with E-state index < -0.39 is 6.09 Å². The van der Waals surface area contributed by atoms with Crippen molar-refractivity contribution < 1.29 is 9.53 Å². The highest BCUT2D eigenvalue weighted by Gasteiger charge is 2.10. The van der Waals surface area contributed by atoms with Crippen molar-refractivity contribution in [3.63, 3.8) is 0 Å². The standard InChI is InChI=1S/C19H32N2O2/c1-2-3-4-5-6-7-8-9-13-16-21(20)19(22)23-17-18-14-11-10-12-15-18/h10-12,14-15H,2-9,13,16-17,20H2,1H3. The van der Waals surface area contributed by atoms with Crippen LogP contribution in [-0.4, -0.2) is 17.6 Å². The molecule has 0 atom stereocenters. The lowest BCUT2D eigenvalue weighted by Crippen LogP contribution is -2.38. The van der Waals surface area contributed by atoms with E-state index in [2.05, 4.69) is 6.92 Å². The topological polar surface area (TPSA) is 55.6 Å². The average Bonchev–Trinajstić information content (AvgIpc) is 2.59. The Morgan fingerprint density at radius 1 is 0.957 bits per heavy atom. The largest absolute Gasteiger partial charge is 0.444 e. The third-order valence-corrected chi connectivity index (χ3v) is 3.94. The summed E-state index contributed by atoms with van der Waals surface area (Å²) in [4.78, 5) is 11.8. The van der Waals surface area contributed by atoms with Crippen LogP contribution >= 0.6 is 0 Å². The smallest absolute Gasteiger partial charge is 0.424 e. The maximum Gasteiger partial charge on any atom is 0.424 e. The van der Waals surface area contributed by atoms with Gasteiger partial charge in [-0.1, -0.05) is 88.6 Å². The van der Waals surface area contributed by atoms with Gasteiger partial charge in [0.2, 0.25) is 0 Å². The van der Waals surface area contributed by atoms with E-state index in [1.165, 1.54) is 50.0 Å². The minimum atomic E-state index is -0.451. The molecule has 0 aromatic heterocycles. The molecule has 0 aliphatic heterocycles. The van der Waals surface area contributed by atoms with Gasteiger partial charge in [0.1, 0.15) is 6.61 Å². The first-order chi connectivity index (χ1) is 11.2. The third-order valence-electron chi connectivity index (χ3n) is 3.94. The molecule has 0 saturated carbocycles. The SMILES string of the molecule is CCCCCCCCCCCN(N)C(=O)OCc1ccccc1. The number of hydrazine groups is 1. The van der Waals surface area contributed by atoms with Crippen molar-refractivity contribution in [2.45, 2.75) is 71.3 Å². The minimum Gasteiger partial charge on any atom is -0.444 e. The highest BCUT2D eigenvalue weighted by molar-refractivity contribution is 5.66. The second-order valence-electron chi connectivity index (χ2n) is 6.06. The van der Waals surface area contributed by atoms with Crippen LogP contribution in [0.2, 0.25) is 0 Å². The summed E-state index contributed by atoms with van der Waals surface area (Å²) >= 11 is 0. The Hall–Kier alpha value is -1.55. The van der Waals surface area contributed by atoms with Crippen molar-refractivity contribution in [3.05, 3.63) is 35.9 Å². The van der Waals surface area contributed by atoms with Crippen LogP contribution in [-0.2, 0) is 11.3 Å². The van der Waals surface area contributed by atoms with Crippen molar-refractivity contribution in [2.75, 3.05) is 6.54 Å². The fourth-order valence-electron chi connectivity index (χ4n) is 2.49. The number of carbonyl (C=O) groups excluding carboxylic acids is 1. The molecular formula is C19H32N2O2. The zero-order valence-electron chi connectivity index (χ0n) is 14.5. The van der Waals surface area contributed by atoms with E-state index >= 15 is 0 Å². The zero-order valence-corrected chi connectivity index (χ0v) is 14.5. The lowest BCUT2D eigenvalue weighted by Gasteiger charge is -2.16. The molecule has 1 aromatic carbocycles. The van der Waals surface area contributed by atoms with Gasteiger partial charge in [-0.15, -0.1) is 0 Å². The number of carbonyl (C=O) groups is 1. The summed E-state index contributed by atoms with van der Waals surface area (Å²) in [6.07, 6.45) is 10.8. The number of ether oxygens (including phenoxy) is 1. The Labute approximate surface area is 141 Å². The second-order valence-corrected chi connectivity index (χ2v) is 6.06. The van der Waals surface area contributed by atoms with Crippen LogP contribution < -0.4 is 5.84 Å². The maximum absolute atomic E-state index is 11.8. The first-order valence-corrected chi connectivity index (χ1v) is 8.97. The lowest BCUT2D eigenvalue weighted by atomic mass is 10.1. The first-order valence-electron chi connectivity index (χ1n) is 8.97. The molecule has 4 nitrogen and oxygen atoms in total. The fraction of sp³-hybridized carbons (Fsp3) is 0.632. The number of nitrogens with two attached hydrogens (primary N) is 1. The molecule has 0 saturated heterocycles. The summed E-state index contributed by atoms with van der Waals surface area (Å²) in [6, 6.07) is 9.63. The molecule has 4 heteroatoms. The van der Waals surface area contributed by atoms with Gasteiger partial charge in [-0.3, -0.25) is 0 Å². The van der Waals surface area contributed by atoms with E-state index in [1.807, 2.05) is 30.3 Å². The summed E-state index contributed by atoms with van der Waals surface area (Å²) in [5, 5.41) is 1.18. The van der Waals surface area contributed by atoms with Gasteiger partial charge in [-0.25, -0.2) is 15.6 Å². The van der Waals surface area contributed by atoms with E-state index in [9.17, 15) is 4.79 Å². The Kier molecular flexibility index (Phi) is 11.0. The molecular weight excluding hydrogens is 288 g/mol. The Morgan fingerprint density at radius 2 is 1.52 bits per heavy atom. The van der Waals surface area contributed by atoms with Crippen molar-refractivity contribution in [1.82, 2.24) is 5.01 Å². The molecule has 0 bridgehead atoms. The van der Waals surface area contributed by atoms with E-state index in [0.717, 1.165) is 18.4 Å². The van der Waals surface area contributed by atoms with E-state index in [0.29, 0.717) is 6.54 Å². The van der Waals surface area contributed by atoms with Gasteiger partial charge in [0.25, 0.3) is 0 Å². The molecule has 0 radical (unpaired) electrons. The molecule has 1 amide bonds. The molecule has 0 unspecified atom stereocenters. The summed E-state index contributed by atoms with van der Waals surface area (Å²) in [6.45, 7) is 3.07. The van der Waals surface area contributed by atoms with Gasteiger partial charge in [-0.05, 0) is 12.0 Å². The van der Waals surface area contributed by atoms with E-state index in [4.69, 9.17) is 10.6 Å². The van der Waals surface area contributed by atoms with Gasteiger partial charge < -0.3 is 4.74 Å². The van der Waals surface area contributed by atoms with Crippen LogP contribution in [0.5, 0.6) is 0 Å². The molecule has 0 heterocycles. The van der Waals surface area contributed by atoms with Gasteiger partial charge in [0.15, 0.2) is 0 Å². The van der Waals surface area contributed by atoms with Crippen LogP contribution in [0.3, 0.4) is 0 Å². The zero-order chi connectivity index (χ0) is 16.8. The van der Waals surface area contributed by atoms with Crippen LogP contribution in [0, 0.1) is 0 Å². The molecule has 1 rings (SSSR count). The molecule has 0 aliphatic carbocycles. The number of hydrogen-bond acceptors (Lipinski definition) is 3. The monoisotopic (exact) mass is 320 g/mol. The quantitative estimate of drug-likeness (QED) is 0.254. The number of benzene rings is 1. The maximum atomic E-state index is 11.8. The van der Waals surface area contributed by atoms with E-state index in [1.54, 1.807) is 0 Å². The molecule has 0 fully saturated rings. The Morgan fingerprint density at radius 3 is 2.13 bits per heavy atom. The molecule has 130 valence electrons. The summed E-state index contributed by atoms with van der Waals surface area (Å²) in [5.74, 6) is 5.74. The summed E-state index contributed by atoms with van der Waals surface area (Å²) in [5.41, 5.74) is 0.970. The van der Waals surface area contributed by atoms with Crippen LogP contribution in [0.25, 0.3) is 0 Å². The van der Waals surface area contributed by atoms with Crippen molar-refractivity contribution in [3.8, 4) is 0 Å². The van der Waals surface area contributed by atoms with Crippen molar-refractivity contribution in [1.29, 1.82) is 0 Å². The number of nitrogens with zero attached hydrogens (tertiary/aromatic N) is 1. The number of hydrogen-bond donors (Lipinski definition) is 1. The van der Waals surface area contributed by atoms with Gasteiger partial charge in [0, 0.05) is 6.54 Å². The highest BCUT2D eigenvalue weighted by atomic mass is 16.6. The second kappa shape index (κ2) is 12.9. The van der Waals surface area contributed by atoms with Gasteiger partial charge in [0.05, 0.1) is 0 Å². The Balaban J connectivity index is 1.98. The number of amides is 1. The van der Waals surface area contributed by atoms with Crippen LogP contribution in [0.15, 0.2) is 30.3 Å². The van der Waals surface area contributed by atoms with Crippen molar-refractivity contribution in [2.24, 2.45) is 5.84 Å². The number of unbranched alkanes of at least 4 members (excludes halogenated alkanes) is 8. The Bertz CT molecular complexity index is 409. The third kappa shape index (κ3) is 9.95. The summed E-state index contributed by atoms with van der Waals surface area (Å²) in [7, 11) is 0. The molecule has 23 heavy (non-hydrogen) atoms. The highest BCUT2D eigenvalue weighted by Crippen LogP contribution is 2.10. The van der Waals surface area contributed by atoms with Crippen LogP contribution in [0.4, 0.5) is 4.79 Å². The molecule has 2 N–H and O–H groups in total. The molecule has 0 spiro atoms. The number of rotatable bonds is 12. The lowest BCUT2D eigenvalue weighted by molar-refractivity contribution is 0.0956. The predicted octanol–water partition coefficient (Wildman–Crippen LogP) is 5.03. The fourth-order valence-corrected chi connectivity index (χ4v) is 2.49.